The van der Waals surface area contributed by atoms with Crippen molar-refractivity contribution in [2.24, 2.45) is 0 Å². The summed E-state index contributed by atoms with van der Waals surface area (Å²) in [7, 11) is 2.01. The minimum absolute atomic E-state index is 0.281. The van der Waals surface area contributed by atoms with Gasteiger partial charge in [0.2, 0.25) is 0 Å². The summed E-state index contributed by atoms with van der Waals surface area (Å²) >= 11 is 0. The second-order valence-corrected chi connectivity index (χ2v) is 9.99. The molecule has 1 fully saturated rings. The van der Waals surface area contributed by atoms with E-state index in [4.69, 9.17) is 10.00 Å². The molecule has 3 aromatic carbocycles. The normalized spacial score (nSPS) is 18.0. The molecule has 3 aromatic rings. The molecule has 1 N–H and O–H groups in total. The number of aldehydes is 1. The molecule has 0 bridgehead atoms. The van der Waals surface area contributed by atoms with Gasteiger partial charge in [-0.1, -0.05) is 30.3 Å². The Morgan fingerprint density at radius 1 is 1.08 bits per heavy atom. The number of hydrogen-bond donors (Lipinski definition) is 1. The Morgan fingerprint density at radius 3 is 2.39 bits per heavy atom. The van der Waals surface area contributed by atoms with Crippen LogP contribution in [0.3, 0.4) is 0 Å². The average Bonchev–Trinajstić information content (AvgIpc) is 2.92. The molecule has 196 valence electrons. The molecule has 1 aliphatic rings. The predicted molar refractivity (Wildman–Crippen MR) is 155 cm³/mol. The van der Waals surface area contributed by atoms with E-state index in [2.05, 4.69) is 65.5 Å². The number of anilines is 2. The van der Waals surface area contributed by atoms with Crippen molar-refractivity contribution in [1.82, 2.24) is 4.90 Å². The van der Waals surface area contributed by atoms with E-state index in [1.807, 2.05) is 44.3 Å². The molecule has 6 nitrogen and oxygen atoms in total. The van der Waals surface area contributed by atoms with Gasteiger partial charge >= 0.3 is 0 Å². The first kappa shape index (κ1) is 27.1. The lowest BCUT2D eigenvalue weighted by Gasteiger charge is -2.35. The molecule has 2 atom stereocenters. The summed E-state index contributed by atoms with van der Waals surface area (Å²) < 4.78 is 5.82. The summed E-state index contributed by atoms with van der Waals surface area (Å²) in [5.74, 6) is 0. The maximum atomic E-state index is 11.9. The molecule has 0 radical (unpaired) electrons. The molecule has 1 aliphatic heterocycles. The van der Waals surface area contributed by atoms with Gasteiger partial charge in [-0.25, -0.2) is 0 Å². The Labute approximate surface area is 226 Å². The fraction of sp³-hybridized carbons (Fsp3) is 0.312. The maximum Gasteiger partial charge on any atom is 0.150 e. The summed E-state index contributed by atoms with van der Waals surface area (Å²) in [6, 6.07) is 23.7. The van der Waals surface area contributed by atoms with Gasteiger partial charge in [0.15, 0.2) is 6.29 Å². The number of hydrogen-bond acceptors (Lipinski definition) is 6. The average molecular weight is 509 g/mol. The number of allylic oxidation sites excluding steroid dienone is 1. The summed E-state index contributed by atoms with van der Waals surface area (Å²) in [5.41, 5.74) is 7.18. The summed E-state index contributed by atoms with van der Waals surface area (Å²) in [6.45, 7) is 10.1. The SMILES string of the molecule is C/C(=C/N(C)c1ccc(NCCN2C[C@@H](C)O[C@@H](C)C2)cc1)c1c(C=O)cccc1-c1ccc(C#N)cc1. The fourth-order valence-electron chi connectivity index (χ4n) is 5.14. The van der Waals surface area contributed by atoms with E-state index in [9.17, 15) is 4.79 Å². The molecule has 0 spiro atoms. The molecule has 0 saturated carbocycles. The van der Waals surface area contributed by atoms with Crippen molar-refractivity contribution < 1.29 is 9.53 Å². The van der Waals surface area contributed by atoms with Crippen molar-refractivity contribution >= 4 is 23.2 Å². The van der Waals surface area contributed by atoms with Crippen LogP contribution in [0.5, 0.6) is 0 Å². The van der Waals surface area contributed by atoms with Crippen LogP contribution in [0.25, 0.3) is 16.7 Å². The number of carbonyl (C=O) groups excluding carboxylic acids is 1. The molecule has 38 heavy (non-hydrogen) atoms. The second-order valence-electron chi connectivity index (χ2n) is 9.99. The quantitative estimate of drug-likeness (QED) is 0.355. The van der Waals surface area contributed by atoms with Gasteiger partial charge in [0.25, 0.3) is 0 Å². The molecule has 1 heterocycles. The first-order valence-corrected chi connectivity index (χ1v) is 13.1. The van der Waals surface area contributed by atoms with Crippen LogP contribution >= 0.6 is 0 Å². The third-order valence-corrected chi connectivity index (χ3v) is 6.86. The van der Waals surface area contributed by atoms with E-state index in [1.165, 1.54) is 0 Å². The van der Waals surface area contributed by atoms with Gasteiger partial charge in [0, 0.05) is 56.4 Å². The first-order chi connectivity index (χ1) is 18.4. The van der Waals surface area contributed by atoms with Crippen molar-refractivity contribution in [1.29, 1.82) is 5.26 Å². The smallest absolute Gasteiger partial charge is 0.150 e. The van der Waals surface area contributed by atoms with E-state index in [0.717, 1.165) is 66.1 Å². The minimum atomic E-state index is 0.281. The van der Waals surface area contributed by atoms with E-state index in [-0.39, 0.29) is 12.2 Å². The number of rotatable bonds is 9. The van der Waals surface area contributed by atoms with Crippen LogP contribution in [-0.2, 0) is 4.74 Å². The van der Waals surface area contributed by atoms with Crippen LogP contribution in [0.2, 0.25) is 0 Å². The van der Waals surface area contributed by atoms with Crippen LogP contribution in [0, 0.1) is 11.3 Å². The van der Waals surface area contributed by atoms with Crippen molar-refractivity contribution in [3.63, 3.8) is 0 Å². The second kappa shape index (κ2) is 12.6. The molecule has 0 unspecified atom stereocenters. The van der Waals surface area contributed by atoms with Crippen LogP contribution < -0.4 is 10.2 Å². The number of carbonyl (C=O) groups is 1. The third-order valence-electron chi connectivity index (χ3n) is 6.86. The monoisotopic (exact) mass is 508 g/mol. The lowest BCUT2D eigenvalue weighted by Crippen LogP contribution is -2.46. The standard InChI is InChI=1S/C32H36N4O2/c1-23(32-28(22-37)6-5-7-31(32)27-10-8-26(18-33)9-11-27)19-35(4)30-14-12-29(13-15-30)34-16-17-36-20-24(2)38-25(3)21-36/h5-15,19,22,24-25,34H,16-17,20-21H2,1-4H3/b23-19-/t24-,25+. The number of morpholine rings is 1. The third kappa shape index (κ3) is 6.69. The predicted octanol–water partition coefficient (Wildman–Crippen LogP) is 6.06. The van der Waals surface area contributed by atoms with Crippen molar-refractivity contribution in [3.05, 3.63) is 89.6 Å². The highest BCUT2D eigenvalue weighted by atomic mass is 16.5. The van der Waals surface area contributed by atoms with Crippen molar-refractivity contribution in [2.75, 3.05) is 43.4 Å². The van der Waals surface area contributed by atoms with Crippen molar-refractivity contribution in [2.45, 2.75) is 33.0 Å². The number of nitrogens with zero attached hydrogens (tertiary/aromatic N) is 3. The van der Waals surface area contributed by atoms with E-state index in [1.54, 1.807) is 12.1 Å². The highest BCUT2D eigenvalue weighted by Gasteiger charge is 2.21. The first-order valence-electron chi connectivity index (χ1n) is 13.1. The van der Waals surface area contributed by atoms with Crippen LogP contribution in [0.4, 0.5) is 11.4 Å². The molecular weight excluding hydrogens is 472 g/mol. The highest BCUT2D eigenvalue weighted by Crippen LogP contribution is 2.32. The van der Waals surface area contributed by atoms with Gasteiger partial charge < -0.3 is 15.0 Å². The number of ether oxygens (including phenoxy) is 1. The zero-order valence-corrected chi connectivity index (χ0v) is 22.6. The van der Waals surface area contributed by atoms with Gasteiger partial charge in [-0.2, -0.15) is 5.26 Å². The molecule has 6 heteroatoms. The van der Waals surface area contributed by atoms with Crippen LogP contribution in [-0.4, -0.2) is 56.6 Å². The van der Waals surface area contributed by atoms with Crippen LogP contribution in [0.1, 0.15) is 42.3 Å². The molecule has 0 aliphatic carbocycles. The van der Waals surface area contributed by atoms with Gasteiger partial charge in [-0.05, 0) is 79.4 Å². The molecule has 4 rings (SSSR count). The number of benzene rings is 3. The Kier molecular flexibility index (Phi) is 8.96. The summed E-state index contributed by atoms with van der Waals surface area (Å²) in [6.07, 6.45) is 3.52. The number of nitrogens with one attached hydrogen (secondary N) is 1. The maximum absolute atomic E-state index is 11.9. The Hall–Kier alpha value is -3.92. The topological polar surface area (TPSA) is 68.6 Å². The molecule has 0 amide bonds. The van der Waals surface area contributed by atoms with Gasteiger partial charge in [0.05, 0.1) is 23.8 Å². The molecule has 0 aromatic heterocycles. The molecule has 1 saturated heterocycles. The van der Waals surface area contributed by atoms with Crippen molar-refractivity contribution in [3.8, 4) is 17.2 Å². The molecular formula is C32H36N4O2. The highest BCUT2D eigenvalue weighted by molar-refractivity contribution is 5.93. The Morgan fingerprint density at radius 2 is 1.76 bits per heavy atom. The van der Waals surface area contributed by atoms with Gasteiger partial charge in [-0.15, -0.1) is 0 Å². The summed E-state index contributed by atoms with van der Waals surface area (Å²) in [5, 5.41) is 12.7. The van der Waals surface area contributed by atoms with E-state index >= 15 is 0 Å². The minimum Gasteiger partial charge on any atom is -0.384 e. The lowest BCUT2D eigenvalue weighted by molar-refractivity contribution is -0.0667. The van der Waals surface area contributed by atoms with E-state index in [0.29, 0.717) is 11.1 Å². The Bertz CT molecular complexity index is 1300. The largest absolute Gasteiger partial charge is 0.384 e. The lowest BCUT2D eigenvalue weighted by atomic mass is 9.91. The van der Waals surface area contributed by atoms with Crippen LogP contribution in [0.15, 0.2) is 72.9 Å². The zero-order chi connectivity index (χ0) is 27.1. The zero-order valence-electron chi connectivity index (χ0n) is 22.6. The Balaban J connectivity index is 1.45. The van der Waals surface area contributed by atoms with Gasteiger partial charge in [0.1, 0.15) is 0 Å². The number of nitriles is 1. The van der Waals surface area contributed by atoms with Gasteiger partial charge in [-0.3, -0.25) is 9.69 Å². The van der Waals surface area contributed by atoms with E-state index < -0.39 is 0 Å². The summed E-state index contributed by atoms with van der Waals surface area (Å²) in [4.78, 5) is 16.4. The fourth-order valence-corrected chi connectivity index (χ4v) is 5.14.